The first-order chi connectivity index (χ1) is 10.2. The summed E-state index contributed by atoms with van der Waals surface area (Å²) in [5, 5.41) is 5.16. The number of hydrogen-bond donors (Lipinski definition) is 1. The van der Waals surface area contributed by atoms with Crippen LogP contribution in [0.3, 0.4) is 0 Å². The van der Waals surface area contributed by atoms with Crippen molar-refractivity contribution in [2.75, 3.05) is 31.5 Å². The lowest BCUT2D eigenvalue weighted by molar-refractivity contribution is 0.199. The minimum atomic E-state index is 0.703. The minimum absolute atomic E-state index is 0.703. The highest BCUT2D eigenvalue weighted by Crippen LogP contribution is 2.22. The minimum Gasteiger partial charge on any atom is -0.368 e. The summed E-state index contributed by atoms with van der Waals surface area (Å²) >= 11 is 6.00. The number of hydrogen-bond acceptors (Lipinski definition) is 4. The molecule has 1 aromatic heterocycles. The Morgan fingerprint density at radius 2 is 2.10 bits per heavy atom. The molecule has 2 aromatic rings. The molecule has 2 heterocycles. The predicted molar refractivity (Wildman–Crippen MR) is 87.9 cm³/mol. The molecule has 1 aromatic carbocycles. The Hall–Kier alpha value is -1.39. The second-order valence-corrected chi connectivity index (χ2v) is 6.27. The molecule has 0 bridgehead atoms. The lowest BCUT2D eigenvalue weighted by Gasteiger charge is -2.30. The van der Waals surface area contributed by atoms with E-state index in [1.54, 1.807) is 6.33 Å². The van der Waals surface area contributed by atoms with Crippen molar-refractivity contribution < 1.29 is 0 Å². The Morgan fingerprint density at radius 3 is 2.90 bits per heavy atom. The third-order valence-corrected chi connectivity index (χ3v) is 4.43. The Morgan fingerprint density at radius 1 is 1.29 bits per heavy atom. The molecule has 0 atom stereocenters. The van der Waals surface area contributed by atoms with E-state index in [-0.39, 0.29) is 0 Å². The fourth-order valence-corrected chi connectivity index (χ4v) is 2.96. The normalized spacial score (nSPS) is 17.2. The van der Waals surface area contributed by atoms with Crippen LogP contribution in [0.15, 0.2) is 24.5 Å². The van der Waals surface area contributed by atoms with Crippen LogP contribution in [0.25, 0.3) is 10.9 Å². The van der Waals surface area contributed by atoms with Gasteiger partial charge in [0.05, 0.1) is 5.52 Å². The van der Waals surface area contributed by atoms with Gasteiger partial charge in [-0.25, -0.2) is 9.97 Å². The lowest BCUT2D eigenvalue weighted by Crippen LogP contribution is -2.36. The van der Waals surface area contributed by atoms with Gasteiger partial charge in [0.15, 0.2) is 0 Å². The van der Waals surface area contributed by atoms with E-state index in [0.717, 1.165) is 35.7 Å². The Balaban J connectivity index is 1.60. The highest BCUT2D eigenvalue weighted by Gasteiger charge is 2.15. The van der Waals surface area contributed by atoms with Gasteiger partial charge in [-0.05, 0) is 50.0 Å². The molecule has 0 radical (unpaired) electrons. The molecular formula is C16H21ClN4. The Labute approximate surface area is 130 Å². The van der Waals surface area contributed by atoms with E-state index in [2.05, 4.69) is 27.1 Å². The number of anilines is 1. The van der Waals surface area contributed by atoms with Gasteiger partial charge in [-0.2, -0.15) is 0 Å². The second-order valence-electron chi connectivity index (χ2n) is 5.83. The third-order valence-electron chi connectivity index (χ3n) is 4.20. The van der Waals surface area contributed by atoms with E-state index in [0.29, 0.717) is 5.02 Å². The summed E-state index contributed by atoms with van der Waals surface area (Å²) in [6.45, 7) is 6.73. The van der Waals surface area contributed by atoms with Crippen LogP contribution in [0.5, 0.6) is 0 Å². The Bertz CT molecular complexity index is 608. The van der Waals surface area contributed by atoms with E-state index in [1.807, 2.05) is 18.2 Å². The number of likely N-dealkylation sites (tertiary alicyclic amines) is 1. The van der Waals surface area contributed by atoms with Crippen molar-refractivity contribution in [1.29, 1.82) is 0 Å². The molecule has 0 amide bonds. The average molecular weight is 305 g/mol. The number of halogens is 1. The smallest absolute Gasteiger partial charge is 0.137 e. The molecule has 21 heavy (non-hydrogen) atoms. The van der Waals surface area contributed by atoms with Gasteiger partial charge in [-0.1, -0.05) is 18.5 Å². The molecule has 112 valence electrons. The number of aromatic nitrogens is 2. The maximum absolute atomic E-state index is 6.00. The highest BCUT2D eigenvalue weighted by atomic mass is 35.5. The molecule has 0 spiro atoms. The summed E-state index contributed by atoms with van der Waals surface area (Å²) in [4.78, 5) is 11.1. The van der Waals surface area contributed by atoms with E-state index >= 15 is 0 Å². The van der Waals surface area contributed by atoms with Crippen molar-refractivity contribution in [3.8, 4) is 0 Å². The van der Waals surface area contributed by atoms with Gasteiger partial charge in [0.25, 0.3) is 0 Å². The van der Waals surface area contributed by atoms with Gasteiger partial charge in [0, 0.05) is 23.5 Å². The van der Waals surface area contributed by atoms with Crippen LogP contribution in [0.1, 0.15) is 19.8 Å². The third kappa shape index (κ3) is 3.63. The van der Waals surface area contributed by atoms with Crippen LogP contribution in [0, 0.1) is 5.92 Å². The molecular weight excluding hydrogens is 284 g/mol. The van der Waals surface area contributed by atoms with Gasteiger partial charge < -0.3 is 10.2 Å². The van der Waals surface area contributed by atoms with E-state index in [4.69, 9.17) is 11.6 Å². The first kappa shape index (κ1) is 14.5. The van der Waals surface area contributed by atoms with Crippen molar-refractivity contribution in [3.05, 3.63) is 29.5 Å². The van der Waals surface area contributed by atoms with E-state index < -0.39 is 0 Å². The zero-order valence-corrected chi connectivity index (χ0v) is 13.1. The second kappa shape index (κ2) is 6.58. The van der Waals surface area contributed by atoms with Crippen LogP contribution < -0.4 is 5.32 Å². The number of nitrogens with zero attached hydrogens (tertiary/aromatic N) is 3. The van der Waals surface area contributed by atoms with Crippen LogP contribution in [-0.2, 0) is 0 Å². The SMILES string of the molecule is CC1CCN(CCNc2ncnc3cc(Cl)ccc23)CC1. The van der Waals surface area contributed by atoms with Crippen molar-refractivity contribution in [2.45, 2.75) is 19.8 Å². The van der Waals surface area contributed by atoms with Crippen molar-refractivity contribution in [2.24, 2.45) is 5.92 Å². The molecule has 5 heteroatoms. The van der Waals surface area contributed by atoms with Crippen LogP contribution in [0.4, 0.5) is 5.82 Å². The van der Waals surface area contributed by atoms with Gasteiger partial charge in [0.2, 0.25) is 0 Å². The van der Waals surface area contributed by atoms with Gasteiger partial charge in [0.1, 0.15) is 12.1 Å². The average Bonchev–Trinajstić information content (AvgIpc) is 2.49. The van der Waals surface area contributed by atoms with Crippen molar-refractivity contribution in [1.82, 2.24) is 14.9 Å². The zero-order valence-electron chi connectivity index (χ0n) is 12.3. The molecule has 1 N–H and O–H groups in total. The van der Waals surface area contributed by atoms with Crippen LogP contribution in [0.2, 0.25) is 5.02 Å². The molecule has 0 aliphatic carbocycles. The lowest BCUT2D eigenvalue weighted by atomic mass is 9.99. The van der Waals surface area contributed by atoms with Crippen molar-refractivity contribution in [3.63, 3.8) is 0 Å². The standard InChI is InChI=1S/C16H21ClN4/c1-12-4-7-21(8-5-12)9-6-18-16-14-3-2-13(17)10-15(14)19-11-20-16/h2-3,10-12H,4-9H2,1H3,(H,18,19,20). The number of rotatable bonds is 4. The fraction of sp³-hybridized carbons (Fsp3) is 0.500. The maximum Gasteiger partial charge on any atom is 0.137 e. The summed E-state index contributed by atoms with van der Waals surface area (Å²) in [7, 11) is 0. The van der Waals surface area contributed by atoms with Crippen LogP contribution >= 0.6 is 11.6 Å². The summed E-state index contributed by atoms with van der Waals surface area (Å²) in [6, 6.07) is 5.72. The number of nitrogens with one attached hydrogen (secondary N) is 1. The molecule has 0 unspecified atom stereocenters. The molecule has 0 saturated carbocycles. The van der Waals surface area contributed by atoms with Crippen LogP contribution in [-0.4, -0.2) is 41.0 Å². The number of benzene rings is 1. The first-order valence-electron chi connectivity index (χ1n) is 7.59. The molecule has 4 nitrogen and oxygen atoms in total. The maximum atomic E-state index is 6.00. The summed E-state index contributed by atoms with van der Waals surface area (Å²) < 4.78 is 0. The molecule has 3 rings (SSSR count). The largest absolute Gasteiger partial charge is 0.368 e. The molecule has 1 aliphatic heterocycles. The number of piperidine rings is 1. The quantitative estimate of drug-likeness (QED) is 0.939. The van der Waals surface area contributed by atoms with E-state index in [9.17, 15) is 0 Å². The van der Waals surface area contributed by atoms with E-state index in [1.165, 1.54) is 25.9 Å². The van der Waals surface area contributed by atoms with Gasteiger partial charge in [-0.3, -0.25) is 0 Å². The molecule has 1 saturated heterocycles. The fourth-order valence-electron chi connectivity index (χ4n) is 2.79. The number of fused-ring (bicyclic) bond motifs is 1. The summed E-state index contributed by atoms with van der Waals surface area (Å²) in [5.41, 5.74) is 0.881. The summed E-state index contributed by atoms with van der Waals surface area (Å²) in [6.07, 6.45) is 4.22. The van der Waals surface area contributed by atoms with Crippen molar-refractivity contribution >= 4 is 28.3 Å². The predicted octanol–water partition coefficient (Wildman–Crippen LogP) is 3.43. The topological polar surface area (TPSA) is 41.0 Å². The monoisotopic (exact) mass is 304 g/mol. The zero-order chi connectivity index (χ0) is 14.7. The molecule has 1 fully saturated rings. The Kier molecular flexibility index (Phi) is 4.56. The van der Waals surface area contributed by atoms with Gasteiger partial charge in [-0.15, -0.1) is 0 Å². The highest BCUT2D eigenvalue weighted by molar-refractivity contribution is 6.31. The summed E-state index contributed by atoms with van der Waals surface area (Å²) in [5.74, 6) is 1.77. The van der Waals surface area contributed by atoms with Gasteiger partial charge >= 0.3 is 0 Å². The molecule has 1 aliphatic rings. The first-order valence-corrected chi connectivity index (χ1v) is 7.96.